The Morgan fingerprint density at radius 1 is 1.75 bits per heavy atom. The van der Waals surface area contributed by atoms with Gasteiger partial charge in [0.25, 0.3) is 0 Å². The predicted octanol–water partition coefficient (Wildman–Crippen LogP) is 1.82. The monoisotopic (exact) mass is 133 g/mol. The van der Waals surface area contributed by atoms with Crippen LogP contribution in [0.15, 0.2) is 12.3 Å². The lowest BCUT2D eigenvalue weighted by molar-refractivity contribution is 0.625. The summed E-state index contributed by atoms with van der Waals surface area (Å²) in [5.41, 5.74) is 0. The zero-order valence-corrected chi connectivity index (χ0v) is 5.11. The molecule has 1 aromatic heterocycles. The van der Waals surface area contributed by atoms with Crippen LogP contribution in [0.4, 0.5) is 4.39 Å². The highest BCUT2D eigenvalue weighted by molar-refractivity contribution is 6.29. The molecule has 0 atom stereocenters. The molecule has 0 saturated heterocycles. The van der Waals surface area contributed by atoms with Gasteiger partial charge in [-0.1, -0.05) is 11.6 Å². The van der Waals surface area contributed by atoms with E-state index in [9.17, 15) is 4.39 Å². The predicted molar refractivity (Wildman–Crippen MR) is 30.4 cm³/mol. The standard InChI is InChI=1S/C5H5ClFN/c1-8-3-2-4(7)5(8)6/h2-3H,1H3. The molecular weight excluding hydrogens is 129 g/mol. The first-order valence-electron chi connectivity index (χ1n) is 2.18. The fourth-order valence-corrected chi connectivity index (χ4v) is 0.599. The van der Waals surface area contributed by atoms with Gasteiger partial charge in [0.2, 0.25) is 0 Å². The van der Waals surface area contributed by atoms with E-state index in [0.29, 0.717) is 0 Å². The Morgan fingerprint density at radius 2 is 2.38 bits per heavy atom. The minimum absolute atomic E-state index is 0.157. The van der Waals surface area contributed by atoms with Crippen LogP contribution in [0.25, 0.3) is 0 Å². The van der Waals surface area contributed by atoms with Gasteiger partial charge >= 0.3 is 0 Å². The van der Waals surface area contributed by atoms with Crippen molar-refractivity contribution >= 4 is 11.6 Å². The van der Waals surface area contributed by atoms with E-state index in [1.54, 1.807) is 13.2 Å². The molecule has 0 bridgehead atoms. The summed E-state index contributed by atoms with van der Waals surface area (Å²) in [5, 5.41) is 0.157. The van der Waals surface area contributed by atoms with E-state index in [2.05, 4.69) is 0 Å². The van der Waals surface area contributed by atoms with Crippen molar-refractivity contribution in [1.82, 2.24) is 4.57 Å². The third kappa shape index (κ3) is 0.713. The van der Waals surface area contributed by atoms with Crippen molar-refractivity contribution in [1.29, 1.82) is 0 Å². The lowest BCUT2D eigenvalue weighted by Crippen LogP contribution is -1.82. The van der Waals surface area contributed by atoms with E-state index in [4.69, 9.17) is 11.6 Å². The molecule has 0 amide bonds. The first-order chi connectivity index (χ1) is 3.72. The van der Waals surface area contributed by atoms with Gasteiger partial charge < -0.3 is 4.57 Å². The summed E-state index contributed by atoms with van der Waals surface area (Å²) in [6.45, 7) is 0. The summed E-state index contributed by atoms with van der Waals surface area (Å²) < 4.78 is 13.7. The molecule has 0 unspecified atom stereocenters. The second kappa shape index (κ2) is 1.78. The van der Waals surface area contributed by atoms with Crippen molar-refractivity contribution in [2.45, 2.75) is 0 Å². The van der Waals surface area contributed by atoms with Gasteiger partial charge in [-0.25, -0.2) is 4.39 Å². The van der Waals surface area contributed by atoms with Crippen molar-refractivity contribution in [3.05, 3.63) is 23.2 Å². The van der Waals surface area contributed by atoms with Crippen LogP contribution in [0, 0.1) is 5.82 Å². The Hall–Kier alpha value is -0.500. The van der Waals surface area contributed by atoms with Gasteiger partial charge in [0.1, 0.15) is 5.15 Å². The molecule has 0 radical (unpaired) electrons. The van der Waals surface area contributed by atoms with Crippen molar-refractivity contribution in [3.8, 4) is 0 Å². The Morgan fingerprint density at radius 3 is 2.50 bits per heavy atom. The molecule has 0 aliphatic heterocycles. The van der Waals surface area contributed by atoms with Crippen LogP contribution in [0.3, 0.4) is 0 Å². The number of hydrogen-bond acceptors (Lipinski definition) is 0. The topological polar surface area (TPSA) is 4.93 Å². The molecule has 0 aliphatic rings. The SMILES string of the molecule is Cn1ccc(F)c1Cl. The Balaban J connectivity index is 3.19. The van der Waals surface area contributed by atoms with Gasteiger partial charge in [0, 0.05) is 13.2 Å². The average Bonchev–Trinajstić information content (AvgIpc) is 1.98. The Bertz CT molecular complexity index is 175. The van der Waals surface area contributed by atoms with Gasteiger partial charge in [-0.3, -0.25) is 0 Å². The fourth-order valence-electron chi connectivity index (χ4n) is 0.480. The summed E-state index contributed by atoms with van der Waals surface area (Å²) >= 11 is 5.38. The van der Waals surface area contributed by atoms with Crippen LogP contribution in [0.1, 0.15) is 0 Å². The molecule has 0 aliphatic carbocycles. The molecule has 1 heterocycles. The smallest absolute Gasteiger partial charge is 0.160 e. The van der Waals surface area contributed by atoms with Gasteiger partial charge in [-0.2, -0.15) is 0 Å². The number of aromatic nitrogens is 1. The highest BCUT2D eigenvalue weighted by atomic mass is 35.5. The number of aryl methyl sites for hydroxylation is 1. The molecule has 1 aromatic rings. The van der Waals surface area contributed by atoms with Gasteiger partial charge in [0.15, 0.2) is 5.82 Å². The largest absolute Gasteiger partial charge is 0.339 e. The van der Waals surface area contributed by atoms with E-state index in [1.807, 2.05) is 0 Å². The van der Waals surface area contributed by atoms with E-state index in [1.165, 1.54) is 10.6 Å². The second-order valence-corrected chi connectivity index (χ2v) is 1.92. The zero-order chi connectivity index (χ0) is 6.15. The maximum Gasteiger partial charge on any atom is 0.160 e. The molecule has 1 rings (SSSR count). The van der Waals surface area contributed by atoms with Crippen LogP contribution >= 0.6 is 11.6 Å². The third-order valence-corrected chi connectivity index (χ3v) is 1.40. The first kappa shape index (κ1) is 5.63. The van der Waals surface area contributed by atoms with E-state index in [-0.39, 0.29) is 11.0 Å². The van der Waals surface area contributed by atoms with E-state index >= 15 is 0 Å². The average molecular weight is 134 g/mol. The van der Waals surface area contributed by atoms with Crippen molar-refractivity contribution in [3.63, 3.8) is 0 Å². The minimum Gasteiger partial charge on any atom is -0.339 e. The Labute approximate surface area is 51.7 Å². The highest BCUT2D eigenvalue weighted by Crippen LogP contribution is 2.12. The highest BCUT2D eigenvalue weighted by Gasteiger charge is 1.99. The summed E-state index contributed by atoms with van der Waals surface area (Å²) in [7, 11) is 1.69. The number of rotatable bonds is 0. The summed E-state index contributed by atoms with van der Waals surface area (Å²) in [6.07, 6.45) is 1.57. The fraction of sp³-hybridized carbons (Fsp3) is 0.200. The summed E-state index contributed by atoms with van der Waals surface area (Å²) in [6, 6.07) is 1.32. The summed E-state index contributed by atoms with van der Waals surface area (Å²) in [4.78, 5) is 0. The first-order valence-corrected chi connectivity index (χ1v) is 2.56. The number of hydrogen-bond donors (Lipinski definition) is 0. The zero-order valence-electron chi connectivity index (χ0n) is 4.36. The molecule has 1 nitrogen and oxygen atoms in total. The molecule has 0 fully saturated rings. The maximum atomic E-state index is 12.2. The molecule has 8 heavy (non-hydrogen) atoms. The molecule has 0 aromatic carbocycles. The van der Waals surface area contributed by atoms with E-state index < -0.39 is 0 Å². The quantitative estimate of drug-likeness (QED) is 0.509. The van der Waals surface area contributed by atoms with Gasteiger partial charge in [0.05, 0.1) is 0 Å². The van der Waals surface area contributed by atoms with Crippen molar-refractivity contribution in [2.75, 3.05) is 0 Å². The normalized spacial score (nSPS) is 9.88. The molecule has 0 saturated carbocycles. The van der Waals surface area contributed by atoms with Crippen LogP contribution in [-0.4, -0.2) is 4.57 Å². The van der Waals surface area contributed by atoms with Crippen molar-refractivity contribution in [2.24, 2.45) is 7.05 Å². The lowest BCUT2D eigenvalue weighted by Gasteiger charge is -1.88. The third-order valence-electron chi connectivity index (χ3n) is 0.951. The van der Waals surface area contributed by atoms with E-state index in [0.717, 1.165) is 0 Å². The van der Waals surface area contributed by atoms with Crippen LogP contribution < -0.4 is 0 Å². The van der Waals surface area contributed by atoms with Crippen molar-refractivity contribution < 1.29 is 4.39 Å². The Kier molecular flexibility index (Phi) is 1.26. The second-order valence-electron chi connectivity index (χ2n) is 1.57. The number of halogens is 2. The molecule has 44 valence electrons. The summed E-state index contributed by atoms with van der Waals surface area (Å²) in [5.74, 6) is -0.367. The molecule has 3 heteroatoms. The van der Waals surface area contributed by atoms with Gasteiger partial charge in [-0.15, -0.1) is 0 Å². The van der Waals surface area contributed by atoms with Gasteiger partial charge in [-0.05, 0) is 6.07 Å². The van der Waals surface area contributed by atoms with Crippen LogP contribution in [0.2, 0.25) is 5.15 Å². The number of nitrogens with zero attached hydrogens (tertiary/aromatic N) is 1. The van der Waals surface area contributed by atoms with Crippen LogP contribution in [0.5, 0.6) is 0 Å². The molecule has 0 spiro atoms. The van der Waals surface area contributed by atoms with Crippen LogP contribution in [-0.2, 0) is 7.05 Å². The lowest BCUT2D eigenvalue weighted by atomic mass is 10.6. The molecular formula is C5H5ClFN. The molecule has 0 N–H and O–H groups in total. The minimum atomic E-state index is -0.367. The maximum absolute atomic E-state index is 12.2.